The zero-order chi connectivity index (χ0) is 11.2. The van der Waals surface area contributed by atoms with Crippen molar-refractivity contribution in [2.75, 3.05) is 6.61 Å². The molecule has 0 spiro atoms. The van der Waals surface area contributed by atoms with E-state index in [4.69, 9.17) is 10.2 Å². The Balaban J connectivity index is 4.20. The van der Waals surface area contributed by atoms with Crippen molar-refractivity contribution in [1.29, 1.82) is 0 Å². The molecule has 0 saturated heterocycles. The average Bonchev–Trinajstić information content (AvgIpc) is 2.02. The molecule has 1 atom stereocenters. The van der Waals surface area contributed by atoms with E-state index >= 15 is 0 Å². The highest BCUT2D eigenvalue weighted by Gasteiger charge is 2.25. The lowest BCUT2D eigenvalue weighted by Crippen LogP contribution is -2.49. The van der Waals surface area contributed by atoms with Crippen molar-refractivity contribution < 1.29 is 15.0 Å². The Labute approximate surface area is 85.3 Å². The molecule has 0 aromatic carbocycles. The van der Waals surface area contributed by atoms with Crippen LogP contribution in [0.4, 0.5) is 0 Å². The van der Waals surface area contributed by atoms with Gasteiger partial charge < -0.3 is 10.2 Å². The van der Waals surface area contributed by atoms with Crippen molar-refractivity contribution >= 4 is 5.97 Å². The fourth-order valence-corrected chi connectivity index (χ4v) is 1.37. The molecule has 0 saturated carbocycles. The average molecular weight is 203 g/mol. The van der Waals surface area contributed by atoms with Gasteiger partial charge in [0.2, 0.25) is 0 Å². The number of carbonyl (C=O) groups is 1. The monoisotopic (exact) mass is 203 g/mol. The SMILES string of the molecule is CCCC(NC(C)(C)CCO)C(=O)O. The van der Waals surface area contributed by atoms with Crippen LogP contribution in [-0.2, 0) is 4.79 Å². The highest BCUT2D eigenvalue weighted by Crippen LogP contribution is 2.11. The fraction of sp³-hybridized carbons (Fsp3) is 0.900. The molecule has 14 heavy (non-hydrogen) atoms. The molecule has 0 heterocycles. The summed E-state index contributed by atoms with van der Waals surface area (Å²) in [6.45, 7) is 5.82. The Kier molecular flexibility index (Phi) is 5.72. The third-order valence-electron chi connectivity index (χ3n) is 2.18. The van der Waals surface area contributed by atoms with E-state index in [-0.39, 0.29) is 12.1 Å². The summed E-state index contributed by atoms with van der Waals surface area (Å²) in [5, 5.41) is 20.7. The van der Waals surface area contributed by atoms with Crippen molar-refractivity contribution in [3.05, 3.63) is 0 Å². The normalized spacial score (nSPS) is 14.0. The lowest BCUT2D eigenvalue weighted by molar-refractivity contribution is -0.140. The second-order valence-corrected chi connectivity index (χ2v) is 4.18. The minimum absolute atomic E-state index is 0.0679. The number of aliphatic hydroxyl groups is 1. The van der Waals surface area contributed by atoms with E-state index in [1.165, 1.54) is 0 Å². The summed E-state index contributed by atoms with van der Waals surface area (Å²) in [5.41, 5.74) is -0.326. The van der Waals surface area contributed by atoms with Gasteiger partial charge >= 0.3 is 5.97 Å². The highest BCUT2D eigenvalue weighted by atomic mass is 16.4. The van der Waals surface area contributed by atoms with Crippen LogP contribution in [0.5, 0.6) is 0 Å². The van der Waals surface area contributed by atoms with Gasteiger partial charge in [-0.2, -0.15) is 0 Å². The van der Waals surface area contributed by atoms with Crippen LogP contribution in [0.25, 0.3) is 0 Å². The minimum Gasteiger partial charge on any atom is -0.480 e. The van der Waals surface area contributed by atoms with Gasteiger partial charge in [0.1, 0.15) is 6.04 Å². The summed E-state index contributed by atoms with van der Waals surface area (Å²) in [6.07, 6.45) is 2.00. The van der Waals surface area contributed by atoms with Crippen LogP contribution >= 0.6 is 0 Å². The van der Waals surface area contributed by atoms with Crippen LogP contribution in [0.3, 0.4) is 0 Å². The number of rotatable bonds is 7. The van der Waals surface area contributed by atoms with E-state index < -0.39 is 12.0 Å². The van der Waals surface area contributed by atoms with E-state index in [1.807, 2.05) is 20.8 Å². The highest BCUT2D eigenvalue weighted by molar-refractivity contribution is 5.73. The Morgan fingerprint density at radius 2 is 2.07 bits per heavy atom. The molecule has 1 unspecified atom stereocenters. The van der Waals surface area contributed by atoms with Crippen LogP contribution in [0.15, 0.2) is 0 Å². The number of aliphatic hydroxyl groups excluding tert-OH is 1. The third kappa shape index (κ3) is 5.19. The van der Waals surface area contributed by atoms with Gasteiger partial charge in [-0.15, -0.1) is 0 Å². The Morgan fingerprint density at radius 1 is 1.50 bits per heavy atom. The summed E-state index contributed by atoms with van der Waals surface area (Å²) in [5.74, 6) is -0.821. The van der Waals surface area contributed by atoms with Crippen LogP contribution in [0.1, 0.15) is 40.0 Å². The van der Waals surface area contributed by atoms with E-state index in [0.717, 1.165) is 6.42 Å². The molecule has 0 rings (SSSR count). The summed E-state index contributed by atoms with van der Waals surface area (Å²) in [7, 11) is 0. The molecule has 84 valence electrons. The van der Waals surface area contributed by atoms with Crippen LogP contribution in [0.2, 0.25) is 0 Å². The first-order valence-corrected chi connectivity index (χ1v) is 5.04. The molecule has 0 amide bonds. The number of hydrogen-bond acceptors (Lipinski definition) is 3. The molecule has 4 heteroatoms. The maximum absolute atomic E-state index is 10.8. The number of aliphatic carboxylic acids is 1. The number of carboxylic acids is 1. The molecule has 3 N–H and O–H groups in total. The largest absolute Gasteiger partial charge is 0.480 e. The van der Waals surface area contributed by atoms with Gasteiger partial charge in [-0.05, 0) is 26.7 Å². The Morgan fingerprint density at radius 3 is 2.43 bits per heavy atom. The van der Waals surface area contributed by atoms with Crippen molar-refractivity contribution in [2.24, 2.45) is 0 Å². The molecule has 0 aliphatic rings. The zero-order valence-electron chi connectivity index (χ0n) is 9.21. The van der Waals surface area contributed by atoms with E-state index in [9.17, 15) is 4.79 Å². The number of hydrogen-bond donors (Lipinski definition) is 3. The Hall–Kier alpha value is -0.610. The molecule has 0 radical (unpaired) electrons. The summed E-state index contributed by atoms with van der Waals surface area (Å²) in [4.78, 5) is 10.8. The van der Waals surface area contributed by atoms with Crippen molar-refractivity contribution in [1.82, 2.24) is 5.32 Å². The number of nitrogens with one attached hydrogen (secondary N) is 1. The molecule has 0 aromatic rings. The third-order valence-corrected chi connectivity index (χ3v) is 2.18. The lowest BCUT2D eigenvalue weighted by Gasteiger charge is -2.29. The van der Waals surface area contributed by atoms with Crippen LogP contribution in [-0.4, -0.2) is 34.4 Å². The molecule has 0 aliphatic heterocycles. The van der Waals surface area contributed by atoms with Gasteiger partial charge in [-0.3, -0.25) is 10.1 Å². The van der Waals surface area contributed by atoms with Gasteiger partial charge in [0.15, 0.2) is 0 Å². The number of carboxylic acid groups (broad SMARTS) is 1. The standard InChI is InChI=1S/C10H21NO3/c1-4-5-8(9(13)14)11-10(2,3)6-7-12/h8,11-12H,4-7H2,1-3H3,(H,13,14). The van der Waals surface area contributed by atoms with Crippen molar-refractivity contribution in [3.8, 4) is 0 Å². The quantitative estimate of drug-likeness (QED) is 0.577. The van der Waals surface area contributed by atoms with Gasteiger partial charge in [-0.25, -0.2) is 0 Å². The molecular weight excluding hydrogens is 182 g/mol. The molecular formula is C10H21NO3. The predicted molar refractivity (Wildman–Crippen MR) is 55.2 cm³/mol. The van der Waals surface area contributed by atoms with Crippen LogP contribution < -0.4 is 5.32 Å². The van der Waals surface area contributed by atoms with Gasteiger partial charge in [-0.1, -0.05) is 13.3 Å². The van der Waals surface area contributed by atoms with Gasteiger partial charge in [0.05, 0.1) is 0 Å². The lowest BCUT2D eigenvalue weighted by atomic mass is 9.98. The second kappa shape index (κ2) is 5.98. The molecule has 0 bridgehead atoms. The van der Waals surface area contributed by atoms with Gasteiger partial charge in [0, 0.05) is 12.1 Å². The topological polar surface area (TPSA) is 69.6 Å². The maximum Gasteiger partial charge on any atom is 0.320 e. The first kappa shape index (κ1) is 13.4. The second-order valence-electron chi connectivity index (χ2n) is 4.18. The van der Waals surface area contributed by atoms with Crippen molar-refractivity contribution in [3.63, 3.8) is 0 Å². The van der Waals surface area contributed by atoms with E-state index in [2.05, 4.69) is 5.32 Å². The fourth-order valence-electron chi connectivity index (χ4n) is 1.37. The maximum atomic E-state index is 10.8. The van der Waals surface area contributed by atoms with Crippen LogP contribution in [0, 0.1) is 0 Å². The summed E-state index contributed by atoms with van der Waals surface area (Å²) < 4.78 is 0. The molecule has 0 aliphatic carbocycles. The summed E-state index contributed by atoms with van der Waals surface area (Å²) >= 11 is 0. The van der Waals surface area contributed by atoms with Gasteiger partial charge in [0.25, 0.3) is 0 Å². The predicted octanol–water partition coefficient (Wildman–Crippen LogP) is 0.990. The van der Waals surface area contributed by atoms with E-state index in [1.54, 1.807) is 0 Å². The molecule has 0 aromatic heterocycles. The van der Waals surface area contributed by atoms with Crippen molar-refractivity contribution in [2.45, 2.75) is 51.6 Å². The molecule has 4 nitrogen and oxygen atoms in total. The van der Waals surface area contributed by atoms with E-state index in [0.29, 0.717) is 12.8 Å². The smallest absolute Gasteiger partial charge is 0.320 e. The first-order valence-electron chi connectivity index (χ1n) is 5.04. The minimum atomic E-state index is -0.821. The molecule has 0 fully saturated rings. The first-order chi connectivity index (χ1) is 6.43. The zero-order valence-corrected chi connectivity index (χ0v) is 9.21. The summed E-state index contributed by atoms with van der Waals surface area (Å²) in [6, 6.07) is -0.512. The Bertz CT molecular complexity index is 180.